The Labute approximate surface area is 105 Å². The van der Waals surface area contributed by atoms with Gasteiger partial charge < -0.3 is 5.32 Å². The average Bonchev–Trinajstić information content (AvgIpc) is 2.39. The quantitative estimate of drug-likeness (QED) is 0.843. The molecule has 0 aliphatic carbocycles. The highest BCUT2D eigenvalue weighted by molar-refractivity contribution is 6.02. The first-order valence-electron chi connectivity index (χ1n) is 5.72. The molecule has 1 aromatic carbocycles. The summed E-state index contributed by atoms with van der Waals surface area (Å²) in [6.07, 6.45) is 0.891. The standard InChI is InChI=1S/C14H13FN2O/c1-2-10-5-3-6-11(9-10)16-14(18)12-7-4-8-13(15)17-12/h3-9H,2H2,1H3,(H,16,18). The van der Waals surface area contributed by atoms with Gasteiger partial charge in [0, 0.05) is 5.69 Å². The van der Waals surface area contributed by atoms with Gasteiger partial charge in [-0.05, 0) is 36.2 Å². The summed E-state index contributed by atoms with van der Waals surface area (Å²) in [6.45, 7) is 2.04. The van der Waals surface area contributed by atoms with Gasteiger partial charge in [0.1, 0.15) is 5.69 Å². The summed E-state index contributed by atoms with van der Waals surface area (Å²) in [7, 11) is 0. The number of halogens is 1. The molecule has 0 unspecified atom stereocenters. The summed E-state index contributed by atoms with van der Waals surface area (Å²) in [6, 6.07) is 11.7. The molecule has 0 saturated heterocycles. The molecule has 0 spiro atoms. The number of nitrogens with zero attached hydrogens (tertiary/aromatic N) is 1. The maximum absolute atomic E-state index is 12.9. The van der Waals surface area contributed by atoms with E-state index in [9.17, 15) is 9.18 Å². The predicted octanol–water partition coefficient (Wildman–Crippen LogP) is 3.04. The first kappa shape index (κ1) is 12.2. The molecule has 92 valence electrons. The van der Waals surface area contributed by atoms with E-state index >= 15 is 0 Å². The van der Waals surface area contributed by atoms with Crippen LogP contribution in [0.2, 0.25) is 0 Å². The monoisotopic (exact) mass is 244 g/mol. The number of pyridine rings is 1. The van der Waals surface area contributed by atoms with Gasteiger partial charge in [0.25, 0.3) is 5.91 Å². The van der Waals surface area contributed by atoms with E-state index in [0.29, 0.717) is 5.69 Å². The number of carbonyl (C=O) groups excluding carboxylic acids is 1. The second-order valence-corrected chi connectivity index (χ2v) is 3.85. The van der Waals surface area contributed by atoms with Gasteiger partial charge in [0.2, 0.25) is 5.95 Å². The third-order valence-corrected chi connectivity index (χ3v) is 2.54. The Morgan fingerprint density at radius 1 is 1.28 bits per heavy atom. The summed E-state index contributed by atoms with van der Waals surface area (Å²) >= 11 is 0. The zero-order valence-corrected chi connectivity index (χ0v) is 9.98. The van der Waals surface area contributed by atoms with E-state index in [1.54, 1.807) is 6.07 Å². The van der Waals surface area contributed by atoms with Crippen molar-refractivity contribution in [3.8, 4) is 0 Å². The largest absolute Gasteiger partial charge is 0.321 e. The van der Waals surface area contributed by atoms with Crippen LogP contribution >= 0.6 is 0 Å². The van der Waals surface area contributed by atoms with E-state index in [2.05, 4.69) is 10.3 Å². The van der Waals surface area contributed by atoms with Crippen LogP contribution in [0.15, 0.2) is 42.5 Å². The summed E-state index contributed by atoms with van der Waals surface area (Å²) in [5.41, 5.74) is 1.88. The number of aryl methyl sites for hydroxylation is 1. The van der Waals surface area contributed by atoms with Crippen LogP contribution in [-0.4, -0.2) is 10.9 Å². The van der Waals surface area contributed by atoms with Gasteiger partial charge in [-0.2, -0.15) is 4.39 Å². The highest BCUT2D eigenvalue weighted by atomic mass is 19.1. The van der Waals surface area contributed by atoms with E-state index in [1.807, 2.05) is 25.1 Å². The van der Waals surface area contributed by atoms with Crippen LogP contribution in [0.25, 0.3) is 0 Å². The van der Waals surface area contributed by atoms with E-state index in [4.69, 9.17) is 0 Å². The minimum atomic E-state index is -0.662. The highest BCUT2D eigenvalue weighted by Crippen LogP contribution is 2.12. The number of hydrogen-bond donors (Lipinski definition) is 1. The minimum Gasteiger partial charge on any atom is -0.321 e. The molecule has 2 rings (SSSR count). The Balaban J connectivity index is 2.16. The normalized spacial score (nSPS) is 10.1. The number of carbonyl (C=O) groups is 1. The minimum absolute atomic E-state index is 0.0666. The lowest BCUT2D eigenvalue weighted by atomic mass is 10.1. The van der Waals surface area contributed by atoms with E-state index in [0.717, 1.165) is 12.0 Å². The second-order valence-electron chi connectivity index (χ2n) is 3.85. The number of nitrogens with one attached hydrogen (secondary N) is 1. The van der Waals surface area contributed by atoms with Gasteiger partial charge in [0.05, 0.1) is 0 Å². The van der Waals surface area contributed by atoms with E-state index in [-0.39, 0.29) is 5.69 Å². The van der Waals surface area contributed by atoms with Crippen molar-refractivity contribution in [1.29, 1.82) is 0 Å². The molecule has 0 atom stereocenters. The van der Waals surface area contributed by atoms with Crippen molar-refractivity contribution in [1.82, 2.24) is 4.98 Å². The molecule has 1 heterocycles. The molecule has 1 amide bonds. The molecule has 0 fully saturated rings. The van der Waals surface area contributed by atoms with Gasteiger partial charge >= 0.3 is 0 Å². The zero-order chi connectivity index (χ0) is 13.0. The van der Waals surface area contributed by atoms with Gasteiger partial charge in [0.15, 0.2) is 0 Å². The van der Waals surface area contributed by atoms with Crippen LogP contribution in [0.3, 0.4) is 0 Å². The maximum atomic E-state index is 12.9. The number of rotatable bonds is 3. The van der Waals surface area contributed by atoms with Gasteiger partial charge in [-0.25, -0.2) is 4.98 Å². The molecule has 0 saturated carbocycles. The lowest BCUT2D eigenvalue weighted by Crippen LogP contribution is -2.14. The van der Waals surface area contributed by atoms with Crippen molar-refractivity contribution < 1.29 is 9.18 Å². The number of amides is 1. The van der Waals surface area contributed by atoms with E-state index in [1.165, 1.54) is 18.2 Å². The first-order valence-corrected chi connectivity index (χ1v) is 5.72. The van der Waals surface area contributed by atoms with Crippen LogP contribution in [0, 0.1) is 5.95 Å². The van der Waals surface area contributed by atoms with Gasteiger partial charge in [-0.3, -0.25) is 4.79 Å². The molecule has 1 N–H and O–H groups in total. The molecular weight excluding hydrogens is 231 g/mol. The molecule has 0 radical (unpaired) electrons. The van der Waals surface area contributed by atoms with Crippen LogP contribution in [0.4, 0.5) is 10.1 Å². The number of aromatic nitrogens is 1. The fourth-order valence-electron chi connectivity index (χ4n) is 1.60. The lowest BCUT2D eigenvalue weighted by molar-refractivity contribution is 0.102. The fraction of sp³-hybridized carbons (Fsp3) is 0.143. The molecular formula is C14H13FN2O. The van der Waals surface area contributed by atoms with Crippen molar-refractivity contribution in [2.24, 2.45) is 0 Å². The Morgan fingerprint density at radius 3 is 2.78 bits per heavy atom. The topological polar surface area (TPSA) is 42.0 Å². The summed E-state index contributed by atoms with van der Waals surface area (Å²) < 4.78 is 12.9. The van der Waals surface area contributed by atoms with Crippen LogP contribution in [0.1, 0.15) is 23.0 Å². The van der Waals surface area contributed by atoms with Crippen LogP contribution in [0.5, 0.6) is 0 Å². The van der Waals surface area contributed by atoms with Crippen molar-refractivity contribution in [2.75, 3.05) is 5.32 Å². The number of benzene rings is 1. The van der Waals surface area contributed by atoms with Gasteiger partial charge in [-0.1, -0.05) is 25.1 Å². The molecule has 0 aliphatic heterocycles. The third-order valence-electron chi connectivity index (χ3n) is 2.54. The molecule has 0 bridgehead atoms. The lowest BCUT2D eigenvalue weighted by Gasteiger charge is -2.06. The Kier molecular flexibility index (Phi) is 3.67. The van der Waals surface area contributed by atoms with Gasteiger partial charge in [-0.15, -0.1) is 0 Å². The summed E-state index contributed by atoms with van der Waals surface area (Å²) in [5.74, 6) is -1.08. The van der Waals surface area contributed by atoms with Crippen molar-refractivity contribution >= 4 is 11.6 Å². The Bertz CT molecular complexity index is 569. The second kappa shape index (κ2) is 5.40. The van der Waals surface area contributed by atoms with Crippen molar-refractivity contribution in [3.05, 3.63) is 59.7 Å². The Morgan fingerprint density at radius 2 is 2.06 bits per heavy atom. The molecule has 2 aromatic rings. The number of anilines is 1. The smallest absolute Gasteiger partial charge is 0.274 e. The molecule has 1 aromatic heterocycles. The third kappa shape index (κ3) is 2.91. The maximum Gasteiger partial charge on any atom is 0.274 e. The average molecular weight is 244 g/mol. The van der Waals surface area contributed by atoms with Crippen LogP contribution in [-0.2, 0) is 6.42 Å². The van der Waals surface area contributed by atoms with Crippen molar-refractivity contribution in [3.63, 3.8) is 0 Å². The van der Waals surface area contributed by atoms with E-state index < -0.39 is 11.9 Å². The highest BCUT2D eigenvalue weighted by Gasteiger charge is 2.08. The van der Waals surface area contributed by atoms with Crippen molar-refractivity contribution in [2.45, 2.75) is 13.3 Å². The number of hydrogen-bond acceptors (Lipinski definition) is 2. The SMILES string of the molecule is CCc1cccc(NC(=O)c2cccc(F)n2)c1. The molecule has 0 aliphatic rings. The predicted molar refractivity (Wildman–Crippen MR) is 68.0 cm³/mol. The first-order chi connectivity index (χ1) is 8.69. The Hall–Kier alpha value is -2.23. The molecule has 3 nitrogen and oxygen atoms in total. The fourth-order valence-corrected chi connectivity index (χ4v) is 1.60. The molecule has 18 heavy (non-hydrogen) atoms. The summed E-state index contributed by atoms with van der Waals surface area (Å²) in [5, 5.41) is 2.69. The zero-order valence-electron chi connectivity index (χ0n) is 9.98. The van der Waals surface area contributed by atoms with Crippen LogP contribution < -0.4 is 5.32 Å². The summed E-state index contributed by atoms with van der Waals surface area (Å²) in [4.78, 5) is 15.4. The molecule has 4 heteroatoms.